The van der Waals surface area contributed by atoms with Crippen molar-refractivity contribution in [3.05, 3.63) is 28.3 Å². The first-order valence-electron chi connectivity index (χ1n) is 9.40. The first-order chi connectivity index (χ1) is 12.2. The Labute approximate surface area is 167 Å². The molecular formula is C20H29BClNO4. The van der Waals surface area contributed by atoms with Crippen LogP contribution >= 0.6 is 11.6 Å². The topological polar surface area (TPSA) is 48.0 Å². The maximum atomic E-state index is 12.6. The zero-order chi connectivity index (χ0) is 20.4. The maximum Gasteiger partial charge on any atom is 0.496 e. The summed E-state index contributed by atoms with van der Waals surface area (Å²) in [6, 6.07) is 3.86. The summed E-state index contributed by atoms with van der Waals surface area (Å²) in [6.07, 6.45) is -0.334. The second-order valence-corrected chi connectivity index (χ2v) is 9.79. The van der Waals surface area contributed by atoms with Gasteiger partial charge in [0.15, 0.2) is 0 Å². The van der Waals surface area contributed by atoms with E-state index in [9.17, 15) is 4.79 Å². The summed E-state index contributed by atoms with van der Waals surface area (Å²) in [6.45, 7) is 16.0. The molecule has 27 heavy (non-hydrogen) atoms. The highest BCUT2D eigenvalue weighted by molar-refractivity contribution is 6.65. The lowest BCUT2D eigenvalue weighted by Gasteiger charge is -2.32. The lowest BCUT2D eigenvalue weighted by atomic mass is 9.77. The standard InChI is InChI=1S/C20H29BClNO4/c1-12-13-9-10-15(21-26-19(5,6)20(7,8)27-21)16(22)14(13)11-23(12)17(24)25-18(2,3)4/h9-10,12H,11H2,1-8H3/t12-/m0/s1. The summed E-state index contributed by atoms with van der Waals surface area (Å²) >= 11 is 6.75. The van der Waals surface area contributed by atoms with Gasteiger partial charge in [-0.05, 0) is 66.5 Å². The van der Waals surface area contributed by atoms with Crippen molar-refractivity contribution in [2.75, 3.05) is 0 Å². The molecule has 1 aromatic rings. The molecule has 0 radical (unpaired) electrons. The number of fused-ring (bicyclic) bond motifs is 1. The van der Waals surface area contributed by atoms with Crippen molar-refractivity contribution >= 4 is 30.3 Å². The minimum atomic E-state index is -0.538. The van der Waals surface area contributed by atoms with Crippen LogP contribution in [-0.2, 0) is 20.6 Å². The van der Waals surface area contributed by atoms with E-state index in [-0.39, 0.29) is 12.1 Å². The highest BCUT2D eigenvalue weighted by Gasteiger charge is 2.52. The van der Waals surface area contributed by atoms with Gasteiger partial charge in [-0.3, -0.25) is 4.90 Å². The summed E-state index contributed by atoms with van der Waals surface area (Å²) in [5.41, 5.74) is 1.36. The molecule has 148 valence electrons. The largest absolute Gasteiger partial charge is 0.496 e. The molecule has 0 unspecified atom stereocenters. The second kappa shape index (κ2) is 6.40. The van der Waals surface area contributed by atoms with E-state index in [1.54, 1.807) is 4.90 Å². The Bertz CT molecular complexity index is 756. The van der Waals surface area contributed by atoms with Crippen molar-refractivity contribution in [2.45, 2.75) is 84.8 Å². The molecule has 1 aromatic carbocycles. The van der Waals surface area contributed by atoms with Crippen molar-refractivity contribution < 1.29 is 18.8 Å². The SMILES string of the molecule is C[C@H]1c2ccc(B3OC(C)(C)C(C)(C)O3)c(Cl)c2CN1C(=O)OC(C)(C)C. The molecule has 2 heterocycles. The lowest BCUT2D eigenvalue weighted by Crippen LogP contribution is -2.41. The van der Waals surface area contributed by atoms with E-state index >= 15 is 0 Å². The highest BCUT2D eigenvalue weighted by Crippen LogP contribution is 2.40. The van der Waals surface area contributed by atoms with Crippen LogP contribution in [0.5, 0.6) is 0 Å². The van der Waals surface area contributed by atoms with Gasteiger partial charge in [0.2, 0.25) is 0 Å². The predicted octanol–water partition coefficient (Wildman–Crippen LogP) is 4.45. The van der Waals surface area contributed by atoms with E-state index in [0.29, 0.717) is 11.6 Å². The van der Waals surface area contributed by atoms with Crippen LogP contribution < -0.4 is 5.46 Å². The predicted molar refractivity (Wildman–Crippen MR) is 107 cm³/mol. The first kappa shape index (κ1) is 20.5. The minimum Gasteiger partial charge on any atom is -0.444 e. The lowest BCUT2D eigenvalue weighted by molar-refractivity contribution is 0.00578. The Balaban J connectivity index is 1.88. The molecule has 0 aliphatic carbocycles. The van der Waals surface area contributed by atoms with Gasteiger partial charge >= 0.3 is 13.2 Å². The van der Waals surface area contributed by atoms with E-state index in [4.69, 9.17) is 25.6 Å². The average molecular weight is 394 g/mol. The van der Waals surface area contributed by atoms with Crippen LogP contribution in [0.4, 0.5) is 4.79 Å². The number of halogens is 1. The minimum absolute atomic E-state index is 0.0975. The number of ether oxygens (including phenoxy) is 1. The van der Waals surface area contributed by atoms with Gasteiger partial charge in [0, 0.05) is 10.5 Å². The van der Waals surface area contributed by atoms with Gasteiger partial charge in [0.05, 0.1) is 23.8 Å². The third-order valence-corrected chi connectivity index (χ3v) is 6.14. The molecule has 0 spiro atoms. The fourth-order valence-electron chi connectivity index (χ4n) is 3.38. The molecule has 2 aliphatic rings. The van der Waals surface area contributed by atoms with Crippen LogP contribution in [0.3, 0.4) is 0 Å². The molecule has 0 saturated carbocycles. The van der Waals surface area contributed by atoms with E-state index in [0.717, 1.165) is 16.6 Å². The molecule has 0 N–H and O–H groups in total. The van der Waals surface area contributed by atoms with Gasteiger partial charge in [-0.2, -0.15) is 0 Å². The molecule has 1 atom stereocenters. The van der Waals surface area contributed by atoms with Gasteiger partial charge < -0.3 is 14.0 Å². The Kier molecular flexibility index (Phi) is 4.86. The van der Waals surface area contributed by atoms with Crippen LogP contribution in [0.2, 0.25) is 5.02 Å². The van der Waals surface area contributed by atoms with Gasteiger partial charge in [0.1, 0.15) is 5.60 Å². The number of nitrogens with zero attached hydrogens (tertiary/aromatic N) is 1. The van der Waals surface area contributed by atoms with Crippen molar-refractivity contribution in [2.24, 2.45) is 0 Å². The summed E-state index contributed by atoms with van der Waals surface area (Å²) in [7, 11) is -0.529. The van der Waals surface area contributed by atoms with Crippen LogP contribution in [0.25, 0.3) is 0 Å². The fraction of sp³-hybridized carbons (Fsp3) is 0.650. The monoisotopic (exact) mass is 393 g/mol. The van der Waals surface area contributed by atoms with E-state index < -0.39 is 23.9 Å². The fourth-order valence-corrected chi connectivity index (χ4v) is 3.70. The van der Waals surface area contributed by atoms with Gasteiger partial charge in [-0.25, -0.2) is 4.79 Å². The van der Waals surface area contributed by atoms with Crippen LogP contribution in [-0.4, -0.2) is 34.9 Å². The van der Waals surface area contributed by atoms with Crippen LogP contribution in [0.1, 0.15) is 72.6 Å². The quantitative estimate of drug-likeness (QED) is 0.661. The van der Waals surface area contributed by atoms with Crippen molar-refractivity contribution in [3.63, 3.8) is 0 Å². The molecule has 1 fully saturated rings. The molecular weight excluding hydrogens is 364 g/mol. The number of benzene rings is 1. The maximum absolute atomic E-state index is 12.6. The van der Waals surface area contributed by atoms with Gasteiger partial charge in [0.25, 0.3) is 0 Å². The number of hydrogen-bond acceptors (Lipinski definition) is 4. The summed E-state index contributed by atoms with van der Waals surface area (Å²) in [5.74, 6) is 0. The molecule has 1 saturated heterocycles. The van der Waals surface area contributed by atoms with E-state index in [1.165, 1.54) is 0 Å². The number of carbonyl (C=O) groups is 1. The number of hydrogen-bond donors (Lipinski definition) is 0. The number of rotatable bonds is 1. The summed E-state index contributed by atoms with van der Waals surface area (Å²) in [5, 5.41) is 0.601. The Morgan fingerprint density at radius 1 is 1.22 bits per heavy atom. The zero-order valence-electron chi connectivity index (χ0n) is 17.5. The van der Waals surface area contributed by atoms with Gasteiger partial charge in [-0.1, -0.05) is 23.7 Å². The summed E-state index contributed by atoms with van der Waals surface area (Å²) < 4.78 is 17.8. The van der Waals surface area contributed by atoms with Crippen LogP contribution in [0, 0.1) is 0 Å². The summed E-state index contributed by atoms with van der Waals surface area (Å²) in [4.78, 5) is 14.3. The second-order valence-electron chi connectivity index (χ2n) is 9.41. The van der Waals surface area contributed by atoms with Gasteiger partial charge in [-0.15, -0.1) is 0 Å². The zero-order valence-corrected chi connectivity index (χ0v) is 18.2. The number of amides is 1. The Morgan fingerprint density at radius 2 is 1.78 bits per heavy atom. The first-order valence-corrected chi connectivity index (χ1v) is 9.78. The third kappa shape index (κ3) is 3.59. The average Bonchev–Trinajstić information content (AvgIpc) is 2.93. The normalized spacial score (nSPS) is 23.5. The molecule has 7 heteroatoms. The van der Waals surface area contributed by atoms with E-state index in [2.05, 4.69) is 0 Å². The molecule has 5 nitrogen and oxygen atoms in total. The molecule has 0 aromatic heterocycles. The van der Waals surface area contributed by atoms with Crippen molar-refractivity contribution in [1.29, 1.82) is 0 Å². The highest BCUT2D eigenvalue weighted by atomic mass is 35.5. The molecule has 0 bridgehead atoms. The molecule has 2 aliphatic heterocycles. The Morgan fingerprint density at radius 3 is 2.30 bits per heavy atom. The number of carbonyl (C=O) groups excluding carboxylic acids is 1. The third-order valence-electron chi connectivity index (χ3n) is 5.69. The Hall–Kier alpha value is -1.24. The van der Waals surface area contributed by atoms with Crippen molar-refractivity contribution in [3.8, 4) is 0 Å². The van der Waals surface area contributed by atoms with E-state index in [1.807, 2.05) is 67.5 Å². The van der Waals surface area contributed by atoms with Crippen LogP contribution in [0.15, 0.2) is 12.1 Å². The molecule has 3 rings (SSSR count). The smallest absolute Gasteiger partial charge is 0.444 e. The van der Waals surface area contributed by atoms with Crippen molar-refractivity contribution in [1.82, 2.24) is 4.90 Å². The molecule has 1 amide bonds.